The van der Waals surface area contributed by atoms with Gasteiger partial charge in [0, 0.05) is 28.0 Å². The van der Waals surface area contributed by atoms with E-state index in [4.69, 9.17) is 4.74 Å². The van der Waals surface area contributed by atoms with Crippen LogP contribution in [0.2, 0.25) is 0 Å². The van der Waals surface area contributed by atoms with Gasteiger partial charge < -0.3 is 4.74 Å². The van der Waals surface area contributed by atoms with E-state index in [1.165, 1.54) is 0 Å². The summed E-state index contributed by atoms with van der Waals surface area (Å²) in [6.07, 6.45) is 9.38. The number of rotatable bonds is 1. The fourth-order valence-corrected chi connectivity index (χ4v) is 2.75. The van der Waals surface area contributed by atoms with E-state index >= 15 is 0 Å². The van der Waals surface area contributed by atoms with E-state index in [-0.39, 0.29) is 5.97 Å². The number of allylic oxidation sites excluding steroid dienone is 1. The van der Waals surface area contributed by atoms with Crippen molar-refractivity contribution in [1.29, 1.82) is 0 Å². The number of hydrogen-bond acceptors (Lipinski definition) is 3. The first kappa shape index (κ1) is 11.7. The van der Waals surface area contributed by atoms with Gasteiger partial charge in [0.2, 0.25) is 0 Å². The summed E-state index contributed by atoms with van der Waals surface area (Å²) in [6.45, 7) is 0. The molecule has 2 heterocycles. The smallest absolute Gasteiger partial charge is 0.339 e. The highest BCUT2D eigenvalue weighted by atomic mass is 79.9. The number of pyridine rings is 1. The lowest BCUT2D eigenvalue weighted by Gasteiger charge is -2.10. The van der Waals surface area contributed by atoms with Crippen molar-refractivity contribution in [3.8, 4) is 0 Å². The van der Waals surface area contributed by atoms with Crippen LogP contribution in [0.3, 0.4) is 0 Å². The molecule has 0 saturated carbocycles. The minimum Gasteiger partial charge on any atom is -0.423 e. The molecule has 1 aliphatic heterocycles. The zero-order valence-corrected chi connectivity index (χ0v) is 11.4. The van der Waals surface area contributed by atoms with Crippen LogP contribution in [0, 0.1) is 0 Å². The number of nitrogens with zero attached hydrogens (tertiary/aromatic N) is 1. The summed E-state index contributed by atoms with van der Waals surface area (Å²) in [5.41, 5.74) is 2.94. The summed E-state index contributed by atoms with van der Waals surface area (Å²) < 4.78 is 6.28. The standard InChI is InChI=1S/C14H12BrNO2/c15-12-8-16-6-5-9(12)7-13-10-3-1-2-4-11(10)14(17)18-13/h5-8H,1-4H2/b13-7-. The number of halogens is 1. The van der Waals surface area contributed by atoms with Crippen LogP contribution in [0.1, 0.15) is 31.2 Å². The molecule has 0 radical (unpaired) electrons. The molecular weight excluding hydrogens is 294 g/mol. The summed E-state index contributed by atoms with van der Waals surface area (Å²) >= 11 is 3.44. The van der Waals surface area contributed by atoms with Crippen molar-refractivity contribution in [2.24, 2.45) is 0 Å². The Morgan fingerprint density at radius 2 is 2.06 bits per heavy atom. The van der Waals surface area contributed by atoms with Gasteiger partial charge in [-0.2, -0.15) is 0 Å². The molecule has 3 nitrogen and oxygen atoms in total. The van der Waals surface area contributed by atoms with Crippen LogP contribution in [-0.4, -0.2) is 11.0 Å². The molecule has 92 valence electrons. The summed E-state index contributed by atoms with van der Waals surface area (Å²) in [5, 5.41) is 0. The minimum absolute atomic E-state index is 0.166. The van der Waals surface area contributed by atoms with Gasteiger partial charge in [0.1, 0.15) is 5.76 Å². The predicted molar refractivity (Wildman–Crippen MR) is 71.5 cm³/mol. The summed E-state index contributed by atoms with van der Waals surface area (Å²) in [7, 11) is 0. The topological polar surface area (TPSA) is 39.2 Å². The molecule has 0 spiro atoms. The number of aromatic nitrogens is 1. The quantitative estimate of drug-likeness (QED) is 0.744. The molecule has 1 aromatic heterocycles. The molecule has 1 aromatic rings. The lowest BCUT2D eigenvalue weighted by atomic mass is 9.92. The van der Waals surface area contributed by atoms with Crippen LogP contribution >= 0.6 is 15.9 Å². The Hall–Kier alpha value is -1.42. The maximum atomic E-state index is 11.7. The first-order valence-corrected chi connectivity index (χ1v) is 6.81. The highest BCUT2D eigenvalue weighted by Crippen LogP contribution is 2.38. The van der Waals surface area contributed by atoms with Crippen LogP contribution in [0.25, 0.3) is 6.08 Å². The Morgan fingerprint density at radius 3 is 2.83 bits per heavy atom. The number of ether oxygens (including phenoxy) is 1. The SMILES string of the molecule is O=C1O/C(=C\c2ccncc2Br)C2=C1CCCC2. The predicted octanol–water partition coefficient (Wildman–Crippen LogP) is 3.61. The molecule has 1 aliphatic carbocycles. The Balaban J connectivity index is 2.01. The number of esters is 1. The average Bonchev–Trinajstić information content (AvgIpc) is 2.70. The largest absolute Gasteiger partial charge is 0.423 e. The fraction of sp³-hybridized carbons (Fsp3) is 0.286. The van der Waals surface area contributed by atoms with Crippen LogP contribution in [0.15, 0.2) is 39.8 Å². The van der Waals surface area contributed by atoms with Crippen molar-refractivity contribution in [3.63, 3.8) is 0 Å². The van der Waals surface area contributed by atoms with Gasteiger partial charge in [-0.05, 0) is 59.3 Å². The van der Waals surface area contributed by atoms with Crippen LogP contribution in [0.5, 0.6) is 0 Å². The second-order valence-corrected chi connectivity index (χ2v) is 5.31. The zero-order valence-electron chi connectivity index (χ0n) is 9.78. The lowest BCUT2D eigenvalue weighted by molar-refractivity contribution is -0.133. The molecule has 2 aliphatic rings. The van der Waals surface area contributed by atoms with Crippen LogP contribution in [-0.2, 0) is 9.53 Å². The van der Waals surface area contributed by atoms with Gasteiger partial charge in [0.05, 0.1) is 0 Å². The van der Waals surface area contributed by atoms with Gasteiger partial charge >= 0.3 is 5.97 Å². The van der Waals surface area contributed by atoms with E-state index in [0.717, 1.165) is 46.9 Å². The van der Waals surface area contributed by atoms with Crippen molar-refractivity contribution >= 4 is 28.0 Å². The maximum absolute atomic E-state index is 11.7. The molecule has 0 aromatic carbocycles. The van der Waals surface area contributed by atoms with Crippen LogP contribution in [0.4, 0.5) is 0 Å². The van der Waals surface area contributed by atoms with Crippen molar-refractivity contribution in [3.05, 3.63) is 45.4 Å². The molecule has 0 fully saturated rings. The zero-order chi connectivity index (χ0) is 12.5. The highest BCUT2D eigenvalue weighted by molar-refractivity contribution is 9.10. The fourth-order valence-electron chi connectivity index (χ4n) is 2.39. The van der Waals surface area contributed by atoms with Gasteiger partial charge in [-0.25, -0.2) is 4.79 Å². The van der Waals surface area contributed by atoms with Crippen molar-refractivity contribution in [2.45, 2.75) is 25.7 Å². The van der Waals surface area contributed by atoms with Gasteiger partial charge in [0.25, 0.3) is 0 Å². The normalized spacial score (nSPS) is 21.2. The molecule has 0 amide bonds. The number of cyclic esters (lactones) is 1. The third-order valence-corrected chi connectivity index (χ3v) is 3.97. The van der Waals surface area contributed by atoms with Crippen LogP contribution < -0.4 is 0 Å². The maximum Gasteiger partial charge on any atom is 0.339 e. The second-order valence-electron chi connectivity index (χ2n) is 4.46. The minimum atomic E-state index is -0.166. The van der Waals surface area contributed by atoms with E-state index in [2.05, 4.69) is 20.9 Å². The number of hydrogen-bond donors (Lipinski definition) is 0. The second kappa shape index (κ2) is 4.69. The number of carbonyl (C=O) groups is 1. The van der Waals surface area contributed by atoms with Gasteiger partial charge in [-0.1, -0.05) is 0 Å². The Labute approximate surface area is 114 Å². The first-order valence-electron chi connectivity index (χ1n) is 6.01. The van der Waals surface area contributed by atoms with Crippen molar-refractivity contribution < 1.29 is 9.53 Å². The summed E-state index contributed by atoms with van der Waals surface area (Å²) in [6, 6.07) is 1.90. The molecule has 0 saturated heterocycles. The molecule has 0 unspecified atom stereocenters. The van der Waals surface area contributed by atoms with E-state index in [1.54, 1.807) is 12.4 Å². The molecule has 0 atom stereocenters. The Morgan fingerprint density at radius 1 is 1.28 bits per heavy atom. The van der Waals surface area contributed by atoms with E-state index in [0.29, 0.717) is 5.76 Å². The molecule has 4 heteroatoms. The highest BCUT2D eigenvalue weighted by Gasteiger charge is 2.31. The van der Waals surface area contributed by atoms with Crippen molar-refractivity contribution in [2.75, 3.05) is 0 Å². The van der Waals surface area contributed by atoms with E-state index < -0.39 is 0 Å². The van der Waals surface area contributed by atoms with Gasteiger partial charge in [0.15, 0.2) is 0 Å². The number of carbonyl (C=O) groups excluding carboxylic acids is 1. The molecule has 3 rings (SSSR count). The molecule has 0 bridgehead atoms. The Kier molecular flexibility index (Phi) is 3.04. The third kappa shape index (κ3) is 2.01. The summed E-state index contributed by atoms with van der Waals surface area (Å²) in [5.74, 6) is 0.544. The Bertz CT molecular complexity index is 575. The molecular formula is C14H12BrNO2. The van der Waals surface area contributed by atoms with E-state index in [1.807, 2.05) is 12.1 Å². The average molecular weight is 306 g/mol. The monoisotopic (exact) mass is 305 g/mol. The van der Waals surface area contributed by atoms with Gasteiger partial charge in [-0.15, -0.1) is 0 Å². The lowest BCUT2D eigenvalue weighted by Crippen LogP contribution is -2.01. The van der Waals surface area contributed by atoms with Gasteiger partial charge in [-0.3, -0.25) is 4.98 Å². The van der Waals surface area contributed by atoms with Crippen molar-refractivity contribution in [1.82, 2.24) is 4.98 Å². The molecule has 0 N–H and O–H groups in total. The summed E-state index contributed by atoms with van der Waals surface area (Å²) in [4.78, 5) is 15.8. The van der Waals surface area contributed by atoms with E-state index in [9.17, 15) is 4.79 Å². The first-order chi connectivity index (χ1) is 8.75. The molecule has 18 heavy (non-hydrogen) atoms. The third-order valence-electron chi connectivity index (χ3n) is 3.30.